The van der Waals surface area contributed by atoms with Crippen LogP contribution in [-0.2, 0) is 13.1 Å². The summed E-state index contributed by atoms with van der Waals surface area (Å²) in [5, 5.41) is 14.4. The molecule has 0 aliphatic heterocycles. The maximum atomic E-state index is 13.2. The van der Waals surface area contributed by atoms with E-state index in [1.54, 1.807) is 24.3 Å². The summed E-state index contributed by atoms with van der Waals surface area (Å²) in [4.78, 5) is 26.2. The zero-order valence-electron chi connectivity index (χ0n) is 15.7. The van der Waals surface area contributed by atoms with E-state index in [4.69, 9.17) is 0 Å². The van der Waals surface area contributed by atoms with Gasteiger partial charge in [-0.15, -0.1) is 0 Å². The average molecular weight is 384 g/mol. The largest absolute Gasteiger partial charge is 0.505 e. The van der Waals surface area contributed by atoms with Crippen LogP contribution in [-0.4, -0.2) is 15.6 Å². The summed E-state index contributed by atoms with van der Waals surface area (Å²) >= 11 is 0. The summed E-state index contributed by atoms with van der Waals surface area (Å²) in [5.74, 6) is -0.688. The second-order valence-corrected chi connectivity index (χ2v) is 6.79. The Morgan fingerprint density at radius 2 is 1.34 bits per heavy atom. The van der Waals surface area contributed by atoms with Gasteiger partial charge in [0, 0.05) is 11.9 Å². The van der Waals surface area contributed by atoms with Gasteiger partial charge in [0.05, 0.1) is 11.9 Å². The number of fused-ring (bicyclic) bond motifs is 1. The van der Waals surface area contributed by atoms with E-state index < -0.39 is 5.91 Å². The number of nitrogens with zero attached hydrogens (tertiary/aromatic N) is 1. The van der Waals surface area contributed by atoms with Gasteiger partial charge in [0.15, 0.2) is 11.4 Å². The van der Waals surface area contributed by atoms with Gasteiger partial charge in [-0.3, -0.25) is 14.2 Å². The second kappa shape index (κ2) is 8.02. The van der Waals surface area contributed by atoms with Crippen molar-refractivity contribution in [3.8, 4) is 5.75 Å². The molecule has 4 aromatic rings. The quantitative estimate of drug-likeness (QED) is 0.551. The minimum Gasteiger partial charge on any atom is -0.505 e. The van der Waals surface area contributed by atoms with E-state index in [-0.39, 0.29) is 23.5 Å². The fraction of sp³-hybridized carbons (Fsp3) is 0.0833. The van der Waals surface area contributed by atoms with Crippen LogP contribution in [0.4, 0.5) is 0 Å². The molecule has 0 unspecified atom stereocenters. The van der Waals surface area contributed by atoms with E-state index in [9.17, 15) is 14.7 Å². The minimum atomic E-state index is -0.495. The normalized spacial score (nSPS) is 10.8. The topological polar surface area (TPSA) is 71.3 Å². The van der Waals surface area contributed by atoms with Gasteiger partial charge in [0.2, 0.25) is 0 Å². The molecular formula is C24H20N2O3. The van der Waals surface area contributed by atoms with Gasteiger partial charge in [0.1, 0.15) is 0 Å². The molecule has 4 rings (SSSR count). The van der Waals surface area contributed by atoms with Crippen molar-refractivity contribution in [2.75, 3.05) is 0 Å². The second-order valence-electron chi connectivity index (χ2n) is 6.79. The van der Waals surface area contributed by atoms with Crippen molar-refractivity contribution >= 4 is 16.7 Å². The summed E-state index contributed by atoms with van der Waals surface area (Å²) in [7, 11) is 0. The maximum Gasteiger partial charge on any atom is 0.272 e. The number of hydrogen-bond donors (Lipinski definition) is 2. The first kappa shape index (κ1) is 18.5. The third kappa shape index (κ3) is 3.75. The van der Waals surface area contributed by atoms with Gasteiger partial charge in [-0.1, -0.05) is 78.9 Å². The summed E-state index contributed by atoms with van der Waals surface area (Å²) in [6, 6.07) is 25.6. The molecule has 0 atom stereocenters. The van der Waals surface area contributed by atoms with Crippen molar-refractivity contribution in [3.63, 3.8) is 0 Å². The van der Waals surface area contributed by atoms with Crippen molar-refractivity contribution in [1.29, 1.82) is 0 Å². The van der Waals surface area contributed by atoms with Gasteiger partial charge in [0.25, 0.3) is 11.5 Å². The molecule has 29 heavy (non-hydrogen) atoms. The Morgan fingerprint density at radius 3 is 2.00 bits per heavy atom. The Labute approximate surface area is 167 Å². The van der Waals surface area contributed by atoms with Crippen LogP contribution in [0.5, 0.6) is 5.75 Å². The standard InChI is InChI=1S/C24H20N2O3/c27-22-19-13-7-8-14-20(19)24(29)26(16-18-11-5-2-6-12-18)21(22)23(28)25-15-17-9-3-1-4-10-17/h1-14,27H,15-16H2,(H,25,28). The SMILES string of the molecule is O=C(NCc1ccccc1)c1c(O)c2ccccc2c(=O)n1Cc1ccccc1. The summed E-state index contributed by atoms with van der Waals surface area (Å²) < 4.78 is 1.34. The molecule has 144 valence electrons. The Bertz CT molecular complexity index is 1220. The number of hydrogen-bond acceptors (Lipinski definition) is 3. The highest BCUT2D eigenvalue weighted by molar-refractivity contribution is 6.01. The monoisotopic (exact) mass is 384 g/mol. The molecule has 1 heterocycles. The lowest BCUT2D eigenvalue weighted by atomic mass is 10.1. The number of aromatic hydroxyl groups is 1. The Hall–Kier alpha value is -3.86. The van der Waals surface area contributed by atoms with Crippen LogP contribution >= 0.6 is 0 Å². The molecule has 5 heteroatoms. The van der Waals surface area contributed by atoms with Crippen LogP contribution in [0.3, 0.4) is 0 Å². The molecule has 1 aromatic heterocycles. The predicted octanol–water partition coefficient (Wildman–Crippen LogP) is 3.69. The van der Waals surface area contributed by atoms with Gasteiger partial charge < -0.3 is 10.4 Å². The van der Waals surface area contributed by atoms with Gasteiger partial charge in [-0.2, -0.15) is 0 Å². The van der Waals surface area contributed by atoms with Crippen molar-refractivity contribution < 1.29 is 9.90 Å². The first-order valence-electron chi connectivity index (χ1n) is 9.35. The Kier molecular flexibility index (Phi) is 5.12. The number of rotatable bonds is 5. The van der Waals surface area contributed by atoms with Crippen LogP contribution in [0.2, 0.25) is 0 Å². The van der Waals surface area contributed by atoms with Gasteiger partial charge >= 0.3 is 0 Å². The zero-order valence-corrected chi connectivity index (χ0v) is 15.7. The number of amides is 1. The molecule has 0 bridgehead atoms. The van der Waals surface area contributed by atoms with E-state index in [0.717, 1.165) is 11.1 Å². The van der Waals surface area contributed by atoms with Crippen molar-refractivity contribution in [1.82, 2.24) is 9.88 Å². The summed E-state index contributed by atoms with van der Waals surface area (Å²) in [6.45, 7) is 0.484. The third-order valence-corrected chi connectivity index (χ3v) is 4.85. The van der Waals surface area contributed by atoms with Crippen molar-refractivity contribution in [2.24, 2.45) is 0 Å². The molecule has 3 aromatic carbocycles. The number of carbonyl (C=O) groups is 1. The molecule has 0 aliphatic carbocycles. The van der Waals surface area contributed by atoms with Crippen LogP contribution in [0.15, 0.2) is 89.7 Å². The molecule has 0 spiro atoms. The molecule has 0 radical (unpaired) electrons. The zero-order chi connectivity index (χ0) is 20.2. The molecular weight excluding hydrogens is 364 g/mol. The fourth-order valence-corrected chi connectivity index (χ4v) is 3.39. The lowest BCUT2D eigenvalue weighted by molar-refractivity contribution is 0.0938. The van der Waals surface area contributed by atoms with Crippen molar-refractivity contribution in [3.05, 3.63) is 112 Å². The highest BCUT2D eigenvalue weighted by Crippen LogP contribution is 2.26. The maximum absolute atomic E-state index is 13.2. The molecule has 2 N–H and O–H groups in total. The lowest BCUT2D eigenvalue weighted by Gasteiger charge is -2.16. The van der Waals surface area contributed by atoms with Crippen LogP contribution in [0.1, 0.15) is 21.6 Å². The van der Waals surface area contributed by atoms with Crippen molar-refractivity contribution in [2.45, 2.75) is 13.1 Å². The highest BCUT2D eigenvalue weighted by atomic mass is 16.3. The number of nitrogens with one attached hydrogen (secondary N) is 1. The Balaban J connectivity index is 1.80. The van der Waals surface area contributed by atoms with Gasteiger partial charge in [-0.05, 0) is 17.2 Å². The van der Waals surface area contributed by atoms with Gasteiger partial charge in [-0.25, -0.2) is 0 Å². The molecule has 5 nitrogen and oxygen atoms in total. The van der Waals surface area contributed by atoms with Crippen LogP contribution in [0.25, 0.3) is 10.8 Å². The van der Waals surface area contributed by atoms with E-state index >= 15 is 0 Å². The predicted molar refractivity (Wildman–Crippen MR) is 113 cm³/mol. The third-order valence-electron chi connectivity index (χ3n) is 4.85. The minimum absolute atomic E-state index is 0.0338. The van der Waals surface area contributed by atoms with E-state index in [2.05, 4.69) is 5.32 Å². The van der Waals surface area contributed by atoms with Crippen LogP contribution < -0.4 is 10.9 Å². The van der Waals surface area contributed by atoms with Crippen LogP contribution in [0, 0.1) is 0 Å². The summed E-state index contributed by atoms with van der Waals surface area (Å²) in [6.07, 6.45) is 0. The molecule has 1 amide bonds. The number of benzene rings is 3. The number of aromatic nitrogens is 1. The lowest BCUT2D eigenvalue weighted by Crippen LogP contribution is -2.32. The molecule has 0 fully saturated rings. The van der Waals surface area contributed by atoms with E-state index in [1.165, 1.54) is 4.57 Å². The fourth-order valence-electron chi connectivity index (χ4n) is 3.39. The molecule has 0 saturated heterocycles. The smallest absolute Gasteiger partial charge is 0.272 e. The summed E-state index contributed by atoms with van der Waals surface area (Å²) in [5.41, 5.74) is 1.44. The van der Waals surface area contributed by atoms with E-state index in [0.29, 0.717) is 17.3 Å². The first-order chi connectivity index (χ1) is 14.1. The number of carbonyl (C=O) groups excluding carboxylic acids is 1. The average Bonchev–Trinajstić information content (AvgIpc) is 2.77. The Morgan fingerprint density at radius 1 is 0.793 bits per heavy atom. The first-order valence-corrected chi connectivity index (χ1v) is 9.35. The van der Waals surface area contributed by atoms with E-state index in [1.807, 2.05) is 60.7 Å². The highest BCUT2D eigenvalue weighted by Gasteiger charge is 2.22. The number of pyridine rings is 1. The molecule has 0 saturated carbocycles. The molecule has 0 aliphatic rings.